The van der Waals surface area contributed by atoms with Gasteiger partial charge in [-0.05, 0) is 31.7 Å². The molecule has 1 aliphatic carbocycles. The normalized spacial score (nSPS) is 26.8. The van der Waals surface area contributed by atoms with E-state index in [0.717, 1.165) is 26.2 Å². The summed E-state index contributed by atoms with van der Waals surface area (Å²) >= 11 is 0. The highest BCUT2D eigenvalue weighted by Crippen LogP contribution is 2.28. The lowest BCUT2D eigenvalue weighted by molar-refractivity contribution is 0.180. The van der Waals surface area contributed by atoms with Crippen LogP contribution in [0.1, 0.15) is 44.9 Å². The molecule has 1 atom stereocenters. The predicted molar refractivity (Wildman–Crippen MR) is 69.7 cm³/mol. The van der Waals surface area contributed by atoms with Gasteiger partial charge in [0.15, 0.2) is 0 Å². The molecule has 0 radical (unpaired) electrons. The van der Waals surface area contributed by atoms with Gasteiger partial charge >= 0.3 is 0 Å². The maximum atomic E-state index is 9.50. The molecule has 2 rings (SSSR count). The molecular weight excluding hydrogens is 210 g/mol. The van der Waals surface area contributed by atoms with E-state index in [1.807, 2.05) is 0 Å². The van der Waals surface area contributed by atoms with Gasteiger partial charge in [0.25, 0.3) is 0 Å². The van der Waals surface area contributed by atoms with Crippen molar-refractivity contribution in [3.05, 3.63) is 0 Å². The molecule has 0 aromatic rings. The molecule has 1 N–H and O–H groups in total. The lowest BCUT2D eigenvalue weighted by Gasteiger charge is -2.31. The summed E-state index contributed by atoms with van der Waals surface area (Å²) in [4.78, 5) is 2.43. The highest BCUT2D eigenvalue weighted by atomic mass is 15.2. The smallest absolute Gasteiger partial charge is 0.101 e. The van der Waals surface area contributed by atoms with Crippen molar-refractivity contribution in [1.82, 2.24) is 10.2 Å². The van der Waals surface area contributed by atoms with Crippen LogP contribution in [0.2, 0.25) is 0 Å². The molecule has 1 unspecified atom stereocenters. The van der Waals surface area contributed by atoms with Gasteiger partial charge in [-0.25, -0.2) is 0 Å². The zero-order valence-corrected chi connectivity index (χ0v) is 10.8. The number of rotatable bonds is 2. The molecule has 2 aliphatic rings. The molecule has 0 aromatic carbocycles. The average molecular weight is 235 g/mol. The van der Waals surface area contributed by atoms with Crippen molar-refractivity contribution < 1.29 is 0 Å². The van der Waals surface area contributed by atoms with E-state index in [0.29, 0.717) is 5.92 Å². The second-order valence-corrected chi connectivity index (χ2v) is 5.47. The molecule has 1 saturated carbocycles. The van der Waals surface area contributed by atoms with Crippen LogP contribution < -0.4 is 5.32 Å². The van der Waals surface area contributed by atoms with Gasteiger partial charge in [0, 0.05) is 19.6 Å². The van der Waals surface area contributed by atoms with E-state index in [9.17, 15) is 5.26 Å². The number of hydrogen-bond donors (Lipinski definition) is 1. The molecule has 17 heavy (non-hydrogen) atoms. The summed E-state index contributed by atoms with van der Waals surface area (Å²) in [5.41, 5.74) is 0. The Morgan fingerprint density at radius 3 is 2.47 bits per heavy atom. The van der Waals surface area contributed by atoms with Crippen LogP contribution in [-0.4, -0.2) is 37.1 Å². The van der Waals surface area contributed by atoms with Crippen LogP contribution in [0.5, 0.6) is 0 Å². The van der Waals surface area contributed by atoms with Crippen molar-refractivity contribution >= 4 is 0 Å². The van der Waals surface area contributed by atoms with E-state index in [1.54, 1.807) is 0 Å². The van der Waals surface area contributed by atoms with Gasteiger partial charge in [0.1, 0.15) is 6.04 Å². The largest absolute Gasteiger partial charge is 0.315 e. The first-order valence-electron chi connectivity index (χ1n) is 7.26. The SMILES string of the molecule is N#CC(C1CCCCCC1)N1CCCNCC1. The van der Waals surface area contributed by atoms with Crippen molar-refractivity contribution in [2.24, 2.45) is 5.92 Å². The van der Waals surface area contributed by atoms with Gasteiger partial charge in [-0.15, -0.1) is 0 Å². The Labute approximate surface area is 105 Å². The molecule has 2 fully saturated rings. The number of nitrogens with one attached hydrogen (secondary N) is 1. The van der Waals surface area contributed by atoms with Gasteiger partial charge in [-0.1, -0.05) is 25.7 Å². The highest BCUT2D eigenvalue weighted by molar-refractivity contribution is 4.97. The summed E-state index contributed by atoms with van der Waals surface area (Å²) in [6.07, 6.45) is 9.12. The zero-order chi connectivity index (χ0) is 11.9. The van der Waals surface area contributed by atoms with Crippen LogP contribution in [0.3, 0.4) is 0 Å². The standard InChI is InChI=1S/C14H25N3/c15-12-14(13-6-3-1-2-4-7-13)17-10-5-8-16-9-11-17/h13-14,16H,1-11H2. The Kier molecular flexibility index (Phi) is 5.28. The van der Waals surface area contributed by atoms with Gasteiger partial charge in [0.05, 0.1) is 6.07 Å². The summed E-state index contributed by atoms with van der Waals surface area (Å²) in [6, 6.07) is 2.77. The summed E-state index contributed by atoms with van der Waals surface area (Å²) in [7, 11) is 0. The van der Waals surface area contributed by atoms with E-state index >= 15 is 0 Å². The second kappa shape index (κ2) is 6.98. The Hall–Kier alpha value is -0.590. The third kappa shape index (κ3) is 3.69. The molecule has 0 aromatic heterocycles. The molecule has 1 heterocycles. The Balaban J connectivity index is 1.95. The summed E-state index contributed by atoms with van der Waals surface area (Å²) in [6.45, 7) is 4.31. The van der Waals surface area contributed by atoms with Crippen LogP contribution in [-0.2, 0) is 0 Å². The molecule has 3 heteroatoms. The summed E-state index contributed by atoms with van der Waals surface area (Å²) < 4.78 is 0. The minimum absolute atomic E-state index is 0.174. The molecule has 0 spiro atoms. The summed E-state index contributed by atoms with van der Waals surface area (Å²) in [5.74, 6) is 0.626. The van der Waals surface area contributed by atoms with E-state index in [2.05, 4.69) is 16.3 Å². The topological polar surface area (TPSA) is 39.1 Å². The fourth-order valence-corrected chi connectivity index (χ4v) is 3.26. The molecule has 1 saturated heterocycles. The van der Waals surface area contributed by atoms with E-state index < -0.39 is 0 Å². The molecular formula is C14H25N3. The van der Waals surface area contributed by atoms with Crippen molar-refractivity contribution in [2.45, 2.75) is 51.0 Å². The maximum absolute atomic E-state index is 9.50. The lowest BCUT2D eigenvalue weighted by atomic mass is 9.91. The van der Waals surface area contributed by atoms with Gasteiger partial charge in [0.2, 0.25) is 0 Å². The lowest BCUT2D eigenvalue weighted by Crippen LogP contribution is -2.41. The Morgan fingerprint density at radius 2 is 1.76 bits per heavy atom. The van der Waals surface area contributed by atoms with E-state index in [4.69, 9.17) is 0 Å². The second-order valence-electron chi connectivity index (χ2n) is 5.47. The van der Waals surface area contributed by atoms with Gasteiger partial charge < -0.3 is 5.32 Å². The summed E-state index contributed by atoms with van der Waals surface area (Å²) in [5, 5.41) is 12.9. The van der Waals surface area contributed by atoms with Gasteiger partial charge in [-0.2, -0.15) is 5.26 Å². The van der Waals surface area contributed by atoms with Crippen molar-refractivity contribution in [1.29, 1.82) is 5.26 Å². The van der Waals surface area contributed by atoms with Crippen LogP contribution in [0.25, 0.3) is 0 Å². The monoisotopic (exact) mass is 235 g/mol. The third-order valence-corrected chi connectivity index (χ3v) is 4.25. The van der Waals surface area contributed by atoms with Crippen molar-refractivity contribution in [3.63, 3.8) is 0 Å². The first kappa shape index (κ1) is 12.9. The first-order chi connectivity index (χ1) is 8.42. The van der Waals surface area contributed by atoms with Crippen molar-refractivity contribution in [2.75, 3.05) is 26.2 Å². The predicted octanol–water partition coefficient (Wildman–Crippen LogP) is 2.14. The average Bonchev–Trinajstić information content (AvgIpc) is 2.75. The molecule has 1 aliphatic heterocycles. The van der Waals surface area contributed by atoms with Gasteiger partial charge in [-0.3, -0.25) is 4.90 Å². The highest BCUT2D eigenvalue weighted by Gasteiger charge is 2.28. The first-order valence-corrected chi connectivity index (χ1v) is 7.26. The fourth-order valence-electron chi connectivity index (χ4n) is 3.26. The Bertz CT molecular complexity index is 223. The van der Waals surface area contributed by atoms with Crippen LogP contribution >= 0.6 is 0 Å². The third-order valence-electron chi connectivity index (χ3n) is 4.25. The molecule has 0 amide bonds. The molecule has 3 nitrogen and oxygen atoms in total. The maximum Gasteiger partial charge on any atom is 0.101 e. The minimum atomic E-state index is 0.174. The van der Waals surface area contributed by atoms with Crippen LogP contribution in [0.15, 0.2) is 0 Å². The van der Waals surface area contributed by atoms with Crippen LogP contribution in [0.4, 0.5) is 0 Å². The number of nitrogens with zero attached hydrogens (tertiary/aromatic N) is 2. The minimum Gasteiger partial charge on any atom is -0.315 e. The van der Waals surface area contributed by atoms with E-state index in [-0.39, 0.29) is 6.04 Å². The molecule has 96 valence electrons. The number of hydrogen-bond acceptors (Lipinski definition) is 3. The Morgan fingerprint density at radius 1 is 1.00 bits per heavy atom. The quantitative estimate of drug-likeness (QED) is 0.745. The molecule has 0 bridgehead atoms. The fraction of sp³-hybridized carbons (Fsp3) is 0.929. The van der Waals surface area contributed by atoms with Crippen LogP contribution in [0, 0.1) is 17.2 Å². The van der Waals surface area contributed by atoms with Crippen molar-refractivity contribution in [3.8, 4) is 6.07 Å². The zero-order valence-electron chi connectivity index (χ0n) is 10.8. The van der Waals surface area contributed by atoms with E-state index in [1.165, 1.54) is 44.9 Å². The number of nitriles is 1.